The van der Waals surface area contributed by atoms with Gasteiger partial charge in [0.05, 0.1) is 12.2 Å². The van der Waals surface area contributed by atoms with Gasteiger partial charge in [-0.05, 0) is 51.8 Å². The molecule has 0 saturated carbocycles. The third kappa shape index (κ3) is 5.08. The highest BCUT2D eigenvalue weighted by Gasteiger charge is 2.31. The Morgan fingerprint density at radius 1 is 1.13 bits per heavy atom. The average molecular weight is 421 g/mol. The van der Waals surface area contributed by atoms with Gasteiger partial charge in [-0.25, -0.2) is 4.98 Å². The van der Waals surface area contributed by atoms with Gasteiger partial charge < -0.3 is 15.1 Å². The summed E-state index contributed by atoms with van der Waals surface area (Å²) in [7, 11) is 1.95. The maximum atomic E-state index is 13.1. The van der Waals surface area contributed by atoms with Crippen LogP contribution in [0, 0.1) is 17.8 Å². The van der Waals surface area contributed by atoms with Crippen LogP contribution in [-0.4, -0.2) is 58.8 Å². The van der Waals surface area contributed by atoms with E-state index in [1.807, 2.05) is 38.5 Å². The summed E-state index contributed by atoms with van der Waals surface area (Å²) < 4.78 is 2.08. The maximum Gasteiger partial charge on any atom is 0.225 e. The Hall–Kier alpha value is -2.85. The number of amides is 1. The predicted octanol–water partition coefficient (Wildman–Crippen LogP) is 2.45. The van der Waals surface area contributed by atoms with Crippen LogP contribution >= 0.6 is 0 Å². The van der Waals surface area contributed by atoms with Crippen LogP contribution in [0.3, 0.4) is 0 Å². The van der Waals surface area contributed by atoms with Gasteiger partial charge in [0.25, 0.3) is 0 Å². The van der Waals surface area contributed by atoms with E-state index in [4.69, 9.17) is 0 Å². The summed E-state index contributed by atoms with van der Waals surface area (Å²) in [5.41, 5.74) is 2.14. The third-order valence-corrected chi connectivity index (χ3v) is 6.37. The quantitative estimate of drug-likeness (QED) is 0.753. The number of nitrogens with one attached hydrogen (secondary N) is 1. The van der Waals surface area contributed by atoms with Crippen molar-refractivity contribution in [3.63, 3.8) is 0 Å². The summed E-state index contributed by atoms with van der Waals surface area (Å²) >= 11 is 0. The molecule has 2 aromatic heterocycles. The zero-order valence-corrected chi connectivity index (χ0v) is 18.5. The Bertz CT molecular complexity index is 925. The van der Waals surface area contributed by atoms with Crippen molar-refractivity contribution in [1.82, 2.24) is 25.0 Å². The smallest absolute Gasteiger partial charge is 0.225 e. The molecule has 0 bridgehead atoms. The van der Waals surface area contributed by atoms with Crippen LogP contribution in [0.15, 0.2) is 30.7 Å². The summed E-state index contributed by atoms with van der Waals surface area (Å²) in [6.07, 6.45) is 9.62. The van der Waals surface area contributed by atoms with Crippen LogP contribution in [0.25, 0.3) is 0 Å². The van der Waals surface area contributed by atoms with Gasteiger partial charge in [-0.3, -0.25) is 9.48 Å². The molecule has 7 heteroatoms. The third-order valence-electron chi connectivity index (χ3n) is 6.37. The summed E-state index contributed by atoms with van der Waals surface area (Å²) in [6.45, 7) is 6.07. The number of likely N-dealkylation sites (tertiary alicyclic amines) is 1. The molecule has 0 aromatic carbocycles. The Morgan fingerprint density at radius 2 is 1.90 bits per heavy atom. The topological polar surface area (TPSA) is 66.3 Å². The average Bonchev–Trinajstić information content (AvgIpc) is 3.29. The fourth-order valence-electron chi connectivity index (χ4n) is 4.63. The van der Waals surface area contributed by atoms with Gasteiger partial charge in [-0.15, -0.1) is 5.92 Å². The van der Waals surface area contributed by atoms with Crippen molar-refractivity contribution in [3.05, 3.63) is 41.9 Å². The van der Waals surface area contributed by atoms with E-state index in [0.717, 1.165) is 69.8 Å². The standard InChI is InChI=1S/C24H32N6O/c1-3-4-19-5-6-23(26-16-19)28-11-7-21(8-12-28)24(31)29-13-9-22(10-14-29)30-18-20(15-25-2)17-27-30/h5-6,16-18,21-22,25H,7-15H2,1-2H3. The fourth-order valence-corrected chi connectivity index (χ4v) is 4.63. The number of anilines is 1. The summed E-state index contributed by atoms with van der Waals surface area (Å²) in [6, 6.07) is 4.44. The SMILES string of the molecule is CC#Cc1ccc(N2CCC(C(=O)N3CCC(n4cc(CNC)cn4)CC3)CC2)nc1. The number of nitrogens with zero attached hydrogens (tertiary/aromatic N) is 5. The number of hydrogen-bond acceptors (Lipinski definition) is 5. The van der Waals surface area contributed by atoms with Crippen molar-refractivity contribution in [2.45, 2.75) is 45.2 Å². The first-order valence-corrected chi connectivity index (χ1v) is 11.3. The van der Waals surface area contributed by atoms with Crippen molar-refractivity contribution in [1.29, 1.82) is 0 Å². The van der Waals surface area contributed by atoms with Crippen LogP contribution in [-0.2, 0) is 11.3 Å². The lowest BCUT2D eigenvalue weighted by atomic mass is 9.93. The minimum absolute atomic E-state index is 0.130. The number of pyridine rings is 1. The molecule has 1 N–H and O–H groups in total. The first-order valence-electron chi connectivity index (χ1n) is 11.3. The normalized spacial score (nSPS) is 18.0. The lowest BCUT2D eigenvalue weighted by molar-refractivity contribution is -0.137. The molecule has 164 valence electrons. The highest BCUT2D eigenvalue weighted by atomic mass is 16.2. The van der Waals surface area contributed by atoms with Gasteiger partial charge in [0.1, 0.15) is 5.82 Å². The summed E-state index contributed by atoms with van der Waals surface area (Å²) in [5.74, 6) is 7.36. The van der Waals surface area contributed by atoms with Crippen molar-refractivity contribution in [2.24, 2.45) is 5.92 Å². The Kier molecular flexibility index (Phi) is 6.88. The fraction of sp³-hybridized carbons (Fsp3) is 0.542. The van der Waals surface area contributed by atoms with Crippen LogP contribution in [0.4, 0.5) is 5.82 Å². The molecular formula is C24H32N6O. The predicted molar refractivity (Wildman–Crippen MR) is 122 cm³/mol. The molecule has 0 spiro atoms. The van der Waals surface area contributed by atoms with E-state index in [-0.39, 0.29) is 5.92 Å². The second-order valence-corrected chi connectivity index (χ2v) is 8.46. The van der Waals surface area contributed by atoms with Crippen molar-refractivity contribution in [2.75, 3.05) is 38.1 Å². The largest absolute Gasteiger partial charge is 0.357 e. The summed E-state index contributed by atoms with van der Waals surface area (Å²) in [5, 5.41) is 7.69. The van der Waals surface area contributed by atoms with Gasteiger partial charge in [-0.2, -0.15) is 5.10 Å². The van der Waals surface area contributed by atoms with Crippen LogP contribution in [0.1, 0.15) is 49.8 Å². The van der Waals surface area contributed by atoms with E-state index in [1.165, 1.54) is 5.56 Å². The van der Waals surface area contributed by atoms with Crippen molar-refractivity contribution < 1.29 is 4.79 Å². The van der Waals surface area contributed by atoms with Crippen LogP contribution in [0.5, 0.6) is 0 Å². The molecule has 0 atom stereocenters. The minimum Gasteiger partial charge on any atom is -0.357 e. The zero-order chi connectivity index (χ0) is 21.6. The summed E-state index contributed by atoms with van der Waals surface area (Å²) in [4.78, 5) is 22.0. The monoisotopic (exact) mass is 420 g/mol. The molecule has 0 unspecified atom stereocenters. The molecule has 31 heavy (non-hydrogen) atoms. The molecule has 1 amide bonds. The first kappa shape index (κ1) is 21.4. The van der Waals surface area contributed by atoms with E-state index in [1.54, 1.807) is 0 Å². The Morgan fingerprint density at radius 3 is 2.55 bits per heavy atom. The number of carbonyl (C=O) groups is 1. The van der Waals surface area contributed by atoms with Crippen LogP contribution < -0.4 is 10.2 Å². The lowest BCUT2D eigenvalue weighted by Gasteiger charge is -2.37. The molecule has 0 aliphatic carbocycles. The molecule has 0 radical (unpaired) electrons. The highest BCUT2D eigenvalue weighted by molar-refractivity contribution is 5.79. The van der Waals surface area contributed by atoms with Crippen molar-refractivity contribution in [3.8, 4) is 11.8 Å². The van der Waals surface area contributed by atoms with E-state index in [0.29, 0.717) is 11.9 Å². The molecule has 7 nitrogen and oxygen atoms in total. The Balaban J connectivity index is 1.25. The Labute approximate surface area is 184 Å². The van der Waals surface area contributed by atoms with Gasteiger partial charge >= 0.3 is 0 Å². The van der Waals surface area contributed by atoms with E-state index in [9.17, 15) is 4.79 Å². The second kappa shape index (κ2) is 9.97. The van der Waals surface area contributed by atoms with E-state index < -0.39 is 0 Å². The molecule has 2 saturated heterocycles. The molecule has 2 aliphatic rings. The molecule has 2 aromatic rings. The van der Waals surface area contributed by atoms with E-state index >= 15 is 0 Å². The van der Waals surface area contributed by atoms with Gasteiger partial charge in [0.2, 0.25) is 5.91 Å². The molecule has 2 aliphatic heterocycles. The second-order valence-electron chi connectivity index (χ2n) is 8.46. The molecule has 4 rings (SSSR count). The first-order chi connectivity index (χ1) is 15.2. The maximum absolute atomic E-state index is 13.1. The molecule has 2 fully saturated rings. The highest BCUT2D eigenvalue weighted by Crippen LogP contribution is 2.27. The van der Waals surface area contributed by atoms with Crippen LogP contribution in [0.2, 0.25) is 0 Å². The van der Waals surface area contributed by atoms with E-state index in [2.05, 4.69) is 47.9 Å². The zero-order valence-electron chi connectivity index (χ0n) is 18.5. The number of aromatic nitrogens is 3. The van der Waals surface area contributed by atoms with Gasteiger partial charge in [0, 0.05) is 62.2 Å². The lowest BCUT2D eigenvalue weighted by Crippen LogP contribution is -2.45. The number of piperidine rings is 2. The van der Waals surface area contributed by atoms with Gasteiger partial charge in [0.15, 0.2) is 0 Å². The number of rotatable bonds is 5. The van der Waals surface area contributed by atoms with Gasteiger partial charge in [-0.1, -0.05) is 5.92 Å². The minimum atomic E-state index is 0.130. The molecular weight excluding hydrogens is 388 g/mol. The molecule has 4 heterocycles. The number of hydrogen-bond donors (Lipinski definition) is 1. The van der Waals surface area contributed by atoms with Crippen molar-refractivity contribution >= 4 is 11.7 Å². The number of carbonyl (C=O) groups excluding carboxylic acids is 1.